The number of carbonyl (C=O) groups excluding carboxylic acids is 1. The highest BCUT2D eigenvalue weighted by molar-refractivity contribution is 7.98. The molecule has 0 saturated carbocycles. The molecule has 1 fully saturated rings. The molecular formula is C13H18N2OS. The Hall–Kier alpha value is -1.00. The number of hydrogen-bond donors (Lipinski definition) is 2. The maximum absolute atomic E-state index is 12.2. The van der Waals surface area contributed by atoms with E-state index in [1.165, 1.54) is 0 Å². The first-order chi connectivity index (χ1) is 8.15. The molecule has 1 aliphatic heterocycles. The third-order valence-corrected chi connectivity index (χ3v) is 4.07. The second-order valence-corrected chi connectivity index (χ2v) is 5.49. The van der Waals surface area contributed by atoms with Crippen LogP contribution in [0.1, 0.15) is 13.3 Å². The lowest BCUT2D eigenvalue weighted by molar-refractivity contribution is -0.123. The predicted molar refractivity (Wildman–Crippen MR) is 72.4 cm³/mol. The lowest BCUT2D eigenvalue weighted by Gasteiger charge is -2.22. The third-order valence-electron chi connectivity index (χ3n) is 3.27. The van der Waals surface area contributed by atoms with Crippen LogP contribution in [0.3, 0.4) is 0 Å². The van der Waals surface area contributed by atoms with Crippen LogP contribution in [0.25, 0.3) is 0 Å². The average Bonchev–Trinajstić information content (AvgIpc) is 2.78. The van der Waals surface area contributed by atoms with Gasteiger partial charge in [-0.15, -0.1) is 11.8 Å². The zero-order valence-electron chi connectivity index (χ0n) is 10.2. The fourth-order valence-corrected chi connectivity index (χ4v) is 2.59. The quantitative estimate of drug-likeness (QED) is 0.809. The zero-order valence-corrected chi connectivity index (χ0v) is 11.1. The fraction of sp³-hybridized carbons (Fsp3) is 0.462. The van der Waals surface area contributed by atoms with Crippen LogP contribution in [0.2, 0.25) is 0 Å². The van der Waals surface area contributed by atoms with Crippen molar-refractivity contribution in [1.29, 1.82) is 0 Å². The van der Waals surface area contributed by atoms with E-state index >= 15 is 0 Å². The van der Waals surface area contributed by atoms with Gasteiger partial charge in [0.25, 0.3) is 0 Å². The Morgan fingerprint density at radius 1 is 1.47 bits per heavy atom. The van der Waals surface area contributed by atoms with E-state index in [0.29, 0.717) is 0 Å². The van der Waals surface area contributed by atoms with Crippen molar-refractivity contribution in [2.45, 2.75) is 18.2 Å². The van der Waals surface area contributed by atoms with Crippen molar-refractivity contribution in [3.8, 4) is 0 Å². The summed E-state index contributed by atoms with van der Waals surface area (Å²) in [4.78, 5) is 13.4. The molecule has 1 aromatic carbocycles. The highest BCUT2D eigenvalue weighted by Crippen LogP contribution is 2.29. The van der Waals surface area contributed by atoms with Gasteiger partial charge < -0.3 is 10.6 Å². The highest BCUT2D eigenvalue weighted by Gasteiger charge is 2.36. The molecule has 2 rings (SSSR count). The Balaban J connectivity index is 2.12. The highest BCUT2D eigenvalue weighted by atomic mass is 32.2. The van der Waals surface area contributed by atoms with Gasteiger partial charge in [0.2, 0.25) is 5.91 Å². The molecule has 92 valence electrons. The van der Waals surface area contributed by atoms with E-state index in [4.69, 9.17) is 0 Å². The van der Waals surface area contributed by atoms with Crippen LogP contribution in [0.15, 0.2) is 29.2 Å². The molecule has 1 amide bonds. The second kappa shape index (κ2) is 5.10. The van der Waals surface area contributed by atoms with E-state index in [9.17, 15) is 4.79 Å². The van der Waals surface area contributed by atoms with E-state index in [0.717, 1.165) is 30.1 Å². The Labute approximate surface area is 106 Å². The van der Waals surface area contributed by atoms with E-state index < -0.39 is 0 Å². The first-order valence-corrected chi connectivity index (χ1v) is 7.03. The van der Waals surface area contributed by atoms with Gasteiger partial charge in [0.05, 0.1) is 11.1 Å². The molecule has 2 N–H and O–H groups in total. The van der Waals surface area contributed by atoms with Crippen molar-refractivity contribution in [3.63, 3.8) is 0 Å². The van der Waals surface area contributed by atoms with E-state index in [2.05, 4.69) is 10.6 Å². The van der Waals surface area contributed by atoms with E-state index in [1.54, 1.807) is 11.8 Å². The van der Waals surface area contributed by atoms with Gasteiger partial charge in [0.1, 0.15) is 0 Å². The molecule has 1 saturated heterocycles. The van der Waals surface area contributed by atoms with Crippen LogP contribution in [-0.2, 0) is 4.79 Å². The number of anilines is 1. The molecule has 1 unspecified atom stereocenters. The lowest BCUT2D eigenvalue weighted by Crippen LogP contribution is -2.35. The summed E-state index contributed by atoms with van der Waals surface area (Å²) >= 11 is 1.65. The van der Waals surface area contributed by atoms with Gasteiger partial charge in [-0.25, -0.2) is 0 Å². The molecule has 0 aromatic heterocycles. The topological polar surface area (TPSA) is 41.1 Å². The summed E-state index contributed by atoms with van der Waals surface area (Å²) in [6.07, 6.45) is 2.92. The standard InChI is InChI=1S/C13H18N2OS/c1-13(7-8-14-9-13)12(16)15-10-5-3-4-6-11(10)17-2/h3-6,14H,7-9H2,1-2H3,(H,15,16). The van der Waals surface area contributed by atoms with E-state index in [1.807, 2.05) is 37.4 Å². The van der Waals surface area contributed by atoms with Crippen molar-refractivity contribution in [2.24, 2.45) is 5.41 Å². The second-order valence-electron chi connectivity index (χ2n) is 4.64. The van der Waals surface area contributed by atoms with E-state index in [-0.39, 0.29) is 11.3 Å². The molecule has 0 aliphatic carbocycles. The molecule has 1 heterocycles. The number of hydrogen-bond acceptors (Lipinski definition) is 3. The van der Waals surface area contributed by atoms with Crippen molar-refractivity contribution in [3.05, 3.63) is 24.3 Å². The summed E-state index contributed by atoms with van der Waals surface area (Å²) in [5.74, 6) is 0.115. The van der Waals surface area contributed by atoms with Gasteiger partial charge in [-0.05, 0) is 38.3 Å². The van der Waals surface area contributed by atoms with Gasteiger partial charge in [-0.2, -0.15) is 0 Å². The number of benzene rings is 1. The Morgan fingerprint density at radius 2 is 2.24 bits per heavy atom. The summed E-state index contributed by atoms with van der Waals surface area (Å²) in [6.45, 7) is 3.71. The lowest BCUT2D eigenvalue weighted by atomic mass is 9.89. The summed E-state index contributed by atoms with van der Waals surface area (Å²) in [6, 6.07) is 7.91. The number of para-hydroxylation sites is 1. The first-order valence-electron chi connectivity index (χ1n) is 5.81. The monoisotopic (exact) mass is 250 g/mol. The molecule has 4 heteroatoms. The van der Waals surface area contributed by atoms with Gasteiger partial charge in [-0.3, -0.25) is 4.79 Å². The van der Waals surface area contributed by atoms with Gasteiger partial charge in [0.15, 0.2) is 0 Å². The number of nitrogens with one attached hydrogen (secondary N) is 2. The summed E-state index contributed by atoms with van der Waals surface area (Å²) in [7, 11) is 0. The Bertz CT molecular complexity index is 414. The predicted octanol–water partition coefficient (Wildman–Crippen LogP) is 2.35. The molecule has 0 radical (unpaired) electrons. The average molecular weight is 250 g/mol. The van der Waals surface area contributed by atoms with Crippen LogP contribution < -0.4 is 10.6 Å². The van der Waals surface area contributed by atoms with Gasteiger partial charge in [-0.1, -0.05) is 12.1 Å². The van der Waals surface area contributed by atoms with Crippen molar-refractivity contribution < 1.29 is 4.79 Å². The van der Waals surface area contributed by atoms with Crippen LogP contribution >= 0.6 is 11.8 Å². The van der Waals surface area contributed by atoms with Crippen LogP contribution in [0.4, 0.5) is 5.69 Å². The Kier molecular flexibility index (Phi) is 3.74. The van der Waals surface area contributed by atoms with Crippen molar-refractivity contribution >= 4 is 23.4 Å². The smallest absolute Gasteiger partial charge is 0.231 e. The van der Waals surface area contributed by atoms with Crippen LogP contribution in [-0.4, -0.2) is 25.3 Å². The van der Waals surface area contributed by atoms with Gasteiger partial charge >= 0.3 is 0 Å². The SMILES string of the molecule is CSc1ccccc1NC(=O)C1(C)CCNC1. The Morgan fingerprint density at radius 3 is 2.88 bits per heavy atom. The molecule has 1 aliphatic rings. The maximum Gasteiger partial charge on any atom is 0.231 e. The summed E-state index contributed by atoms with van der Waals surface area (Å²) in [5, 5.41) is 6.29. The van der Waals surface area contributed by atoms with Crippen molar-refractivity contribution in [1.82, 2.24) is 5.32 Å². The molecule has 0 bridgehead atoms. The molecule has 1 aromatic rings. The summed E-state index contributed by atoms with van der Waals surface area (Å²) < 4.78 is 0. The number of amides is 1. The van der Waals surface area contributed by atoms with Crippen molar-refractivity contribution in [2.75, 3.05) is 24.7 Å². The third kappa shape index (κ3) is 2.64. The molecule has 1 atom stereocenters. The fourth-order valence-electron chi connectivity index (χ4n) is 2.03. The number of thioether (sulfide) groups is 1. The molecular weight excluding hydrogens is 232 g/mol. The normalized spacial score (nSPS) is 23.6. The molecule has 17 heavy (non-hydrogen) atoms. The molecule has 0 spiro atoms. The zero-order chi connectivity index (χ0) is 12.3. The first kappa shape index (κ1) is 12.5. The summed E-state index contributed by atoms with van der Waals surface area (Å²) in [5.41, 5.74) is 0.643. The minimum Gasteiger partial charge on any atom is -0.325 e. The van der Waals surface area contributed by atoms with Crippen LogP contribution in [0.5, 0.6) is 0 Å². The maximum atomic E-state index is 12.2. The molecule has 3 nitrogen and oxygen atoms in total. The minimum atomic E-state index is -0.272. The largest absolute Gasteiger partial charge is 0.325 e. The van der Waals surface area contributed by atoms with Crippen LogP contribution in [0, 0.1) is 5.41 Å². The number of rotatable bonds is 3. The number of carbonyl (C=O) groups is 1. The van der Waals surface area contributed by atoms with Gasteiger partial charge in [0, 0.05) is 11.4 Å². The minimum absolute atomic E-state index is 0.115.